The summed E-state index contributed by atoms with van der Waals surface area (Å²) in [6.07, 6.45) is 5.52. The Balaban J connectivity index is 1.41. The van der Waals surface area contributed by atoms with E-state index in [0.29, 0.717) is 29.7 Å². The topological polar surface area (TPSA) is 105 Å². The van der Waals surface area contributed by atoms with Gasteiger partial charge in [0.2, 0.25) is 5.89 Å². The summed E-state index contributed by atoms with van der Waals surface area (Å²) in [5, 5.41) is 13.3. The van der Waals surface area contributed by atoms with Crippen molar-refractivity contribution in [2.24, 2.45) is 0 Å². The molecule has 0 spiro atoms. The molecule has 1 fully saturated rings. The first-order chi connectivity index (χ1) is 14.7. The van der Waals surface area contributed by atoms with Crippen LogP contribution in [0.2, 0.25) is 5.15 Å². The average Bonchev–Trinajstić information content (AvgIpc) is 3.44. The van der Waals surface area contributed by atoms with Gasteiger partial charge in [-0.15, -0.1) is 10.2 Å². The Labute approximate surface area is 176 Å². The van der Waals surface area contributed by atoms with Gasteiger partial charge in [-0.1, -0.05) is 24.1 Å². The van der Waals surface area contributed by atoms with Crippen molar-refractivity contribution >= 4 is 23.0 Å². The van der Waals surface area contributed by atoms with Gasteiger partial charge in [0.05, 0.1) is 23.2 Å². The van der Waals surface area contributed by atoms with Crippen molar-refractivity contribution in [1.29, 1.82) is 0 Å². The van der Waals surface area contributed by atoms with Crippen LogP contribution in [0.3, 0.4) is 0 Å². The molecule has 2 aliphatic rings. The number of pyridine rings is 1. The molecule has 0 saturated heterocycles. The minimum absolute atomic E-state index is 0.0164. The number of carbonyl (C=O) groups is 1. The number of fused-ring (bicyclic) bond motifs is 2. The zero-order valence-corrected chi connectivity index (χ0v) is 16.7. The zero-order chi connectivity index (χ0) is 20.2. The zero-order valence-electron chi connectivity index (χ0n) is 16.0. The molecule has 1 aliphatic heterocycles. The van der Waals surface area contributed by atoms with Gasteiger partial charge in [-0.05, 0) is 31.0 Å². The number of hydrogen-bond acceptors (Lipinski definition) is 6. The van der Waals surface area contributed by atoms with Crippen molar-refractivity contribution in [2.75, 3.05) is 6.54 Å². The van der Waals surface area contributed by atoms with E-state index < -0.39 is 6.04 Å². The first kappa shape index (κ1) is 17.6. The fourth-order valence-corrected chi connectivity index (χ4v) is 4.40. The van der Waals surface area contributed by atoms with Crippen molar-refractivity contribution in [1.82, 2.24) is 34.7 Å². The van der Waals surface area contributed by atoms with E-state index in [2.05, 4.69) is 25.3 Å². The summed E-state index contributed by atoms with van der Waals surface area (Å²) in [5.74, 6) is 0.533. The van der Waals surface area contributed by atoms with Gasteiger partial charge < -0.3 is 14.3 Å². The van der Waals surface area contributed by atoms with Gasteiger partial charge in [0.1, 0.15) is 11.2 Å². The monoisotopic (exact) mass is 423 g/mol. The largest absolute Gasteiger partial charge is 0.417 e. The van der Waals surface area contributed by atoms with Gasteiger partial charge >= 0.3 is 11.8 Å². The Morgan fingerprint density at radius 2 is 2.17 bits per heavy atom. The lowest BCUT2D eigenvalue weighted by Crippen LogP contribution is -2.41. The normalized spacial score (nSPS) is 19.1. The lowest BCUT2D eigenvalue weighted by Gasteiger charge is -2.32. The molecule has 1 atom stereocenters. The van der Waals surface area contributed by atoms with Crippen LogP contribution in [0.25, 0.3) is 5.52 Å². The van der Waals surface area contributed by atoms with E-state index in [1.54, 1.807) is 21.8 Å². The van der Waals surface area contributed by atoms with Crippen LogP contribution >= 0.6 is 11.6 Å². The Morgan fingerprint density at radius 1 is 1.27 bits per heavy atom. The molecule has 30 heavy (non-hydrogen) atoms. The van der Waals surface area contributed by atoms with Crippen molar-refractivity contribution in [3.63, 3.8) is 0 Å². The van der Waals surface area contributed by atoms with Crippen molar-refractivity contribution < 1.29 is 9.21 Å². The van der Waals surface area contributed by atoms with Gasteiger partial charge in [0.25, 0.3) is 0 Å². The molecule has 4 aromatic rings. The average molecular weight is 424 g/mol. The molecule has 0 radical (unpaired) electrons. The molecule has 9 nitrogen and oxygen atoms in total. The van der Waals surface area contributed by atoms with Gasteiger partial charge in [-0.2, -0.15) is 5.10 Å². The molecule has 0 bridgehead atoms. The number of amides is 1. The van der Waals surface area contributed by atoms with Gasteiger partial charge in [0.15, 0.2) is 0 Å². The van der Waals surface area contributed by atoms with Crippen molar-refractivity contribution in [3.8, 4) is 0 Å². The van der Waals surface area contributed by atoms with E-state index in [4.69, 9.17) is 16.0 Å². The van der Waals surface area contributed by atoms with Crippen LogP contribution in [-0.4, -0.2) is 47.1 Å². The molecule has 152 valence electrons. The first-order valence-electron chi connectivity index (χ1n) is 10.00. The van der Waals surface area contributed by atoms with E-state index in [1.807, 2.05) is 18.2 Å². The molecular weight excluding hydrogens is 406 g/mol. The number of halogens is 1. The van der Waals surface area contributed by atoms with Crippen LogP contribution in [0.4, 0.5) is 0 Å². The van der Waals surface area contributed by atoms with E-state index >= 15 is 0 Å². The molecule has 5 heterocycles. The van der Waals surface area contributed by atoms with Gasteiger partial charge in [-0.25, -0.2) is 9.50 Å². The fourth-order valence-electron chi connectivity index (χ4n) is 4.19. The number of rotatable bonds is 3. The maximum Gasteiger partial charge on any atom is 0.312 e. The maximum atomic E-state index is 13.4. The summed E-state index contributed by atoms with van der Waals surface area (Å²) < 4.78 is 7.40. The number of nitrogens with zero attached hydrogens (tertiary/aromatic N) is 6. The summed E-state index contributed by atoms with van der Waals surface area (Å²) in [6.45, 7) is 0.488. The third-order valence-electron chi connectivity index (χ3n) is 6.00. The fraction of sp³-hybridized carbons (Fsp3) is 0.350. The highest BCUT2D eigenvalue weighted by Crippen LogP contribution is 2.37. The summed E-state index contributed by atoms with van der Waals surface area (Å²) in [5.41, 5.74) is 3.29. The molecule has 6 rings (SSSR count). The quantitative estimate of drug-likeness (QED) is 0.507. The van der Waals surface area contributed by atoms with E-state index in [1.165, 1.54) is 0 Å². The van der Waals surface area contributed by atoms with Crippen LogP contribution < -0.4 is 0 Å². The highest BCUT2D eigenvalue weighted by atomic mass is 35.5. The molecular formula is C20H18ClN7O2. The van der Waals surface area contributed by atoms with Crippen LogP contribution in [0.5, 0.6) is 0 Å². The Morgan fingerprint density at radius 3 is 2.97 bits per heavy atom. The molecule has 1 N–H and O–H groups in total. The number of nitrogens with one attached hydrogen (secondary N) is 1. The second kappa shape index (κ2) is 6.66. The van der Waals surface area contributed by atoms with Crippen LogP contribution in [0.15, 0.2) is 35.0 Å². The highest BCUT2D eigenvalue weighted by Gasteiger charge is 2.38. The third kappa shape index (κ3) is 2.65. The van der Waals surface area contributed by atoms with E-state index in [0.717, 1.165) is 36.2 Å². The second-order valence-corrected chi connectivity index (χ2v) is 8.13. The van der Waals surface area contributed by atoms with E-state index in [9.17, 15) is 4.79 Å². The summed E-state index contributed by atoms with van der Waals surface area (Å²) >= 11 is 6.30. The third-order valence-corrected chi connectivity index (χ3v) is 6.29. The van der Waals surface area contributed by atoms with Crippen molar-refractivity contribution in [2.45, 2.75) is 37.6 Å². The summed E-state index contributed by atoms with van der Waals surface area (Å²) in [4.78, 5) is 22.7. The number of aromatic amines is 1. The Kier molecular flexibility index (Phi) is 3.92. The number of H-pyrrole nitrogens is 1. The molecule has 1 saturated carbocycles. The first-order valence-corrected chi connectivity index (χ1v) is 10.4. The van der Waals surface area contributed by atoms with Gasteiger partial charge in [-0.3, -0.25) is 4.79 Å². The van der Waals surface area contributed by atoms with Crippen LogP contribution in [0.1, 0.15) is 64.9 Å². The smallest absolute Gasteiger partial charge is 0.312 e. The predicted molar refractivity (Wildman–Crippen MR) is 106 cm³/mol. The number of imidazole rings is 1. The highest BCUT2D eigenvalue weighted by molar-refractivity contribution is 6.29. The predicted octanol–water partition coefficient (Wildman–Crippen LogP) is 3.15. The number of hydrogen-bond donors (Lipinski definition) is 1. The maximum absolute atomic E-state index is 13.4. The molecule has 10 heteroatoms. The summed E-state index contributed by atoms with van der Waals surface area (Å²) in [7, 11) is 0. The number of aromatic nitrogens is 6. The lowest BCUT2D eigenvalue weighted by atomic mass is 9.85. The van der Waals surface area contributed by atoms with Crippen LogP contribution in [-0.2, 0) is 6.42 Å². The molecule has 4 aromatic heterocycles. The Bertz CT molecular complexity index is 1260. The van der Waals surface area contributed by atoms with Gasteiger partial charge in [0, 0.05) is 24.6 Å². The van der Waals surface area contributed by atoms with E-state index in [-0.39, 0.29) is 17.7 Å². The number of carbonyl (C=O) groups excluding carboxylic acids is 1. The minimum Gasteiger partial charge on any atom is -0.417 e. The SMILES string of the molecule is O=C(c1nnc(C2CCC2)o1)N1CCc2[nH]cnc2[C@@H]1c1cc2cccc(Cl)n2n1. The molecule has 0 unspecified atom stereocenters. The molecule has 0 aromatic carbocycles. The standard InChI is InChI=1S/C20H18ClN7O2/c21-15-6-2-5-12-9-14(26-28(12)15)17-16-13(22-10-23-16)7-8-27(17)20(29)19-25-24-18(30-19)11-3-1-4-11/h2,5-6,9-11,17H,1,3-4,7-8H2,(H,22,23)/t17-/m0/s1. The lowest BCUT2D eigenvalue weighted by molar-refractivity contribution is 0.0642. The Hall–Kier alpha value is -3.20. The second-order valence-electron chi connectivity index (χ2n) is 7.75. The minimum atomic E-state index is -0.470. The molecule has 1 aliphatic carbocycles. The van der Waals surface area contributed by atoms with Crippen LogP contribution in [0, 0.1) is 0 Å². The molecule has 1 amide bonds. The summed E-state index contributed by atoms with van der Waals surface area (Å²) in [6, 6.07) is 7.02. The van der Waals surface area contributed by atoms with Crippen molar-refractivity contribution in [3.05, 3.63) is 64.6 Å².